The summed E-state index contributed by atoms with van der Waals surface area (Å²) in [5, 5.41) is 1.79. The smallest absolute Gasteiger partial charge is 0.282 e. The summed E-state index contributed by atoms with van der Waals surface area (Å²) in [5.41, 5.74) is 1.14. The van der Waals surface area contributed by atoms with E-state index in [0.29, 0.717) is 0 Å². The van der Waals surface area contributed by atoms with E-state index in [0.717, 1.165) is 22.8 Å². The summed E-state index contributed by atoms with van der Waals surface area (Å²) < 4.78 is 30.9. The van der Waals surface area contributed by atoms with Crippen molar-refractivity contribution in [2.24, 2.45) is 0 Å². The van der Waals surface area contributed by atoms with Crippen LogP contribution in [0.1, 0.15) is 12.5 Å². The fourth-order valence-electron chi connectivity index (χ4n) is 1.65. The molecule has 0 unspecified atom stereocenters. The third-order valence-corrected chi connectivity index (χ3v) is 3.43. The van der Waals surface area contributed by atoms with Gasteiger partial charge in [0, 0.05) is 0 Å². The summed E-state index contributed by atoms with van der Waals surface area (Å²) in [7, 11) is -4.11. The zero-order valence-corrected chi connectivity index (χ0v) is 9.66. The zero-order valence-electron chi connectivity index (χ0n) is 8.84. The molecule has 0 aromatic heterocycles. The summed E-state index contributed by atoms with van der Waals surface area (Å²) in [6.07, 6.45) is 0.895. The molecule has 0 saturated heterocycles. The molecule has 0 spiro atoms. The first-order valence-corrected chi connectivity index (χ1v) is 6.45. The molecule has 0 aliphatic carbocycles. The molecule has 0 radical (unpaired) electrons. The number of fused-ring (bicyclic) bond motifs is 1. The Bertz CT molecular complexity index is 630. The lowest BCUT2D eigenvalue weighted by Crippen LogP contribution is -1.97. The van der Waals surface area contributed by atoms with Crippen LogP contribution >= 0.6 is 0 Å². The Balaban J connectivity index is 2.69. The lowest BCUT2D eigenvalue weighted by atomic mass is 10.1. The van der Waals surface area contributed by atoms with E-state index in [1.807, 2.05) is 25.1 Å². The van der Waals surface area contributed by atoms with Gasteiger partial charge in [0.15, 0.2) is 0 Å². The van der Waals surface area contributed by atoms with Gasteiger partial charge in [-0.3, -0.25) is 4.55 Å². The van der Waals surface area contributed by atoms with Crippen molar-refractivity contribution in [2.45, 2.75) is 18.2 Å². The van der Waals surface area contributed by atoms with Crippen LogP contribution < -0.4 is 0 Å². The Morgan fingerprint density at radius 1 is 1.06 bits per heavy atom. The van der Waals surface area contributed by atoms with Crippen LogP contribution in [0.25, 0.3) is 10.8 Å². The van der Waals surface area contributed by atoms with Gasteiger partial charge in [-0.05, 0) is 34.9 Å². The van der Waals surface area contributed by atoms with Crippen LogP contribution in [-0.2, 0) is 16.5 Å². The van der Waals surface area contributed by atoms with E-state index >= 15 is 0 Å². The minimum absolute atomic E-state index is 0.0618. The molecule has 3 nitrogen and oxygen atoms in total. The number of hydrogen-bond acceptors (Lipinski definition) is 2. The molecule has 0 atom stereocenters. The Morgan fingerprint density at radius 3 is 2.38 bits per heavy atom. The molecule has 2 rings (SSSR count). The number of benzene rings is 2. The molecule has 4 heteroatoms. The van der Waals surface area contributed by atoms with E-state index in [1.165, 1.54) is 12.1 Å². The predicted molar refractivity (Wildman–Crippen MR) is 63.1 cm³/mol. The van der Waals surface area contributed by atoms with Gasteiger partial charge in [0.05, 0.1) is 4.90 Å². The van der Waals surface area contributed by atoms with Gasteiger partial charge in [0.2, 0.25) is 0 Å². The second-order valence-electron chi connectivity index (χ2n) is 3.67. The van der Waals surface area contributed by atoms with Crippen LogP contribution in [0, 0.1) is 0 Å². The Kier molecular flexibility index (Phi) is 2.69. The molecule has 0 amide bonds. The van der Waals surface area contributed by atoms with Crippen molar-refractivity contribution in [1.29, 1.82) is 0 Å². The molecular weight excluding hydrogens is 224 g/mol. The van der Waals surface area contributed by atoms with Gasteiger partial charge in [-0.2, -0.15) is 8.42 Å². The molecule has 0 aliphatic heterocycles. The summed E-state index contributed by atoms with van der Waals surface area (Å²) in [6, 6.07) is 10.5. The zero-order chi connectivity index (χ0) is 11.8. The van der Waals surface area contributed by atoms with Crippen LogP contribution in [0.4, 0.5) is 0 Å². The van der Waals surface area contributed by atoms with Crippen LogP contribution in [0.15, 0.2) is 41.3 Å². The van der Waals surface area contributed by atoms with E-state index in [-0.39, 0.29) is 4.90 Å². The van der Waals surface area contributed by atoms with Crippen molar-refractivity contribution in [2.75, 3.05) is 0 Å². The summed E-state index contributed by atoms with van der Waals surface area (Å²) in [6.45, 7) is 2.04. The maximum Gasteiger partial charge on any atom is 0.294 e. The van der Waals surface area contributed by atoms with Gasteiger partial charge in [0.1, 0.15) is 0 Å². The van der Waals surface area contributed by atoms with Crippen LogP contribution in [-0.4, -0.2) is 13.0 Å². The second kappa shape index (κ2) is 3.88. The second-order valence-corrected chi connectivity index (χ2v) is 5.09. The standard InChI is InChI=1S/C12H12O3S/c1-2-9-3-4-10-5-6-12(16(13,14)15)8-11(10)7-9/h3-8H,2H2,1H3,(H,13,14,15). The first kappa shape index (κ1) is 11.1. The van der Waals surface area contributed by atoms with Crippen molar-refractivity contribution in [3.8, 4) is 0 Å². The highest BCUT2D eigenvalue weighted by Gasteiger charge is 2.09. The SMILES string of the molecule is CCc1ccc2ccc(S(=O)(=O)O)cc2c1. The molecule has 84 valence electrons. The van der Waals surface area contributed by atoms with Gasteiger partial charge in [-0.1, -0.05) is 31.2 Å². The van der Waals surface area contributed by atoms with E-state index < -0.39 is 10.1 Å². The Labute approximate surface area is 94.5 Å². The van der Waals surface area contributed by atoms with Crippen molar-refractivity contribution in [3.05, 3.63) is 42.0 Å². The fraction of sp³-hybridized carbons (Fsp3) is 0.167. The van der Waals surface area contributed by atoms with Crippen LogP contribution in [0.5, 0.6) is 0 Å². The lowest BCUT2D eigenvalue weighted by Gasteiger charge is -2.03. The lowest BCUT2D eigenvalue weighted by molar-refractivity contribution is 0.483. The van der Waals surface area contributed by atoms with Crippen molar-refractivity contribution in [3.63, 3.8) is 0 Å². The minimum atomic E-state index is -4.11. The van der Waals surface area contributed by atoms with Crippen molar-refractivity contribution < 1.29 is 13.0 Å². The third kappa shape index (κ3) is 2.08. The minimum Gasteiger partial charge on any atom is -0.282 e. The van der Waals surface area contributed by atoms with Crippen molar-refractivity contribution >= 4 is 20.9 Å². The first-order valence-electron chi connectivity index (χ1n) is 5.01. The highest BCUT2D eigenvalue weighted by atomic mass is 32.2. The average Bonchev–Trinajstić information content (AvgIpc) is 2.26. The van der Waals surface area contributed by atoms with Gasteiger partial charge >= 0.3 is 0 Å². The van der Waals surface area contributed by atoms with Crippen molar-refractivity contribution in [1.82, 2.24) is 0 Å². The maximum absolute atomic E-state index is 11.0. The van der Waals surface area contributed by atoms with Gasteiger partial charge in [0.25, 0.3) is 10.1 Å². The molecule has 2 aromatic rings. The summed E-state index contributed by atoms with van der Waals surface area (Å²) in [5.74, 6) is 0. The first-order chi connectivity index (χ1) is 7.50. The molecule has 0 saturated carbocycles. The molecule has 0 bridgehead atoms. The highest BCUT2D eigenvalue weighted by molar-refractivity contribution is 7.85. The van der Waals surface area contributed by atoms with Crippen LogP contribution in [0.2, 0.25) is 0 Å². The number of hydrogen-bond donors (Lipinski definition) is 1. The highest BCUT2D eigenvalue weighted by Crippen LogP contribution is 2.20. The van der Waals surface area contributed by atoms with Crippen LogP contribution in [0.3, 0.4) is 0 Å². The molecule has 1 N–H and O–H groups in total. The largest absolute Gasteiger partial charge is 0.294 e. The van der Waals surface area contributed by atoms with Gasteiger partial charge in [-0.25, -0.2) is 0 Å². The molecule has 0 fully saturated rings. The molecule has 0 heterocycles. The molecule has 16 heavy (non-hydrogen) atoms. The normalized spacial score (nSPS) is 11.9. The topological polar surface area (TPSA) is 54.4 Å². The Morgan fingerprint density at radius 2 is 1.75 bits per heavy atom. The average molecular weight is 236 g/mol. The van der Waals surface area contributed by atoms with E-state index in [9.17, 15) is 8.42 Å². The molecule has 0 aliphatic rings. The third-order valence-electron chi connectivity index (χ3n) is 2.58. The summed E-state index contributed by atoms with van der Waals surface area (Å²) in [4.78, 5) is -0.0618. The number of aryl methyl sites for hydroxylation is 1. The Hall–Kier alpha value is -1.39. The van der Waals surface area contributed by atoms with E-state index in [4.69, 9.17) is 4.55 Å². The predicted octanol–water partition coefficient (Wildman–Crippen LogP) is 2.65. The quantitative estimate of drug-likeness (QED) is 0.815. The maximum atomic E-state index is 11.0. The van der Waals surface area contributed by atoms with Gasteiger partial charge < -0.3 is 0 Å². The monoisotopic (exact) mass is 236 g/mol. The van der Waals surface area contributed by atoms with Gasteiger partial charge in [-0.15, -0.1) is 0 Å². The fourth-order valence-corrected chi connectivity index (χ4v) is 2.17. The summed E-state index contributed by atoms with van der Waals surface area (Å²) >= 11 is 0. The van der Waals surface area contributed by atoms with E-state index in [2.05, 4.69) is 0 Å². The number of rotatable bonds is 2. The van der Waals surface area contributed by atoms with E-state index in [1.54, 1.807) is 6.07 Å². The molecular formula is C12H12O3S. The molecule has 2 aromatic carbocycles.